The number of aromatic nitrogens is 1. The van der Waals surface area contributed by atoms with Crippen LogP contribution in [0.5, 0.6) is 0 Å². The quantitative estimate of drug-likeness (QED) is 0.647. The highest BCUT2D eigenvalue weighted by Crippen LogP contribution is 2.28. The number of carboxylic acid groups (broad SMARTS) is 1. The third-order valence-corrected chi connectivity index (χ3v) is 3.88. The largest absolute Gasteiger partial charge is 0.478 e. The molecular formula is C10H12N2O3S2. The Labute approximate surface area is 107 Å². The molecule has 2 rings (SSSR count). The number of nitrogens with two attached hydrogens (primary N) is 1. The summed E-state index contributed by atoms with van der Waals surface area (Å²) in [5, 5.41) is 11.3. The van der Waals surface area contributed by atoms with Crippen LogP contribution in [0.1, 0.15) is 18.5 Å². The van der Waals surface area contributed by atoms with Gasteiger partial charge in [-0.2, -0.15) is 0 Å². The summed E-state index contributed by atoms with van der Waals surface area (Å²) in [4.78, 5) is 15.2. The monoisotopic (exact) mass is 272 g/mol. The van der Waals surface area contributed by atoms with Gasteiger partial charge in [0.15, 0.2) is 5.13 Å². The molecule has 1 fully saturated rings. The molecule has 92 valence electrons. The van der Waals surface area contributed by atoms with Crippen LogP contribution in [-0.4, -0.2) is 27.9 Å². The molecule has 0 aromatic carbocycles. The average Bonchev–Trinajstić information content (AvgIpc) is 2.73. The van der Waals surface area contributed by atoms with Gasteiger partial charge < -0.3 is 15.0 Å². The molecule has 1 aliphatic heterocycles. The average molecular weight is 272 g/mol. The fourth-order valence-corrected chi connectivity index (χ4v) is 2.91. The maximum atomic E-state index is 11.2. The first-order chi connectivity index (χ1) is 8.16. The number of aliphatic carboxylic acids is 1. The Morgan fingerprint density at radius 2 is 2.53 bits per heavy atom. The Kier molecular flexibility index (Phi) is 4.03. The fraction of sp³-hybridized carbons (Fsp3) is 0.400. The first-order valence-corrected chi connectivity index (χ1v) is 6.80. The van der Waals surface area contributed by atoms with Gasteiger partial charge in [0, 0.05) is 5.38 Å². The van der Waals surface area contributed by atoms with E-state index in [1.165, 1.54) is 23.4 Å². The molecule has 1 aromatic heterocycles. The number of thiazole rings is 1. The van der Waals surface area contributed by atoms with Crippen molar-refractivity contribution in [1.29, 1.82) is 0 Å². The highest BCUT2D eigenvalue weighted by atomic mass is 32.2. The summed E-state index contributed by atoms with van der Waals surface area (Å²) >= 11 is 2.55. The molecule has 0 saturated carbocycles. The van der Waals surface area contributed by atoms with Gasteiger partial charge in [0.25, 0.3) is 0 Å². The van der Waals surface area contributed by atoms with Gasteiger partial charge in [-0.25, -0.2) is 9.78 Å². The predicted octanol–water partition coefficient (Wildman–Crippen LogP) is 2.02. The SMILES string of the molecule is Nc1nc(/C(=C/C2CCCOS2)C(=O)O)cs1. The lowest BCUT2D eigenvalue weighted by Crippen LogP contribution is -2.11. The van der Waals surface area contributed by atoms with Crippen molar-refractivity contribution in [1.82, 2.24) is 4.98 Å². The summed E-state index contributed by atoms with van der Waals surface area (Å²) in [6.45, 7) is 0.723. The minimum absolute atomic E-state index is 0.0674. The van der Waals surface area contributed by atoms with Crippen LogP contribution in [-0.2, 0) is 8.98 Å². The third kappa shape index (κ3) is 3.21. The minimum Gasteiger partial charge on any atom is -0.478 e. The number of hydrogen-bond donors (Lipinski definition) is 2. The number of anilines is 1. The standard InChI is InChI=1S/C10H12N2O3S2/c11-10-12-8(5-16-10)7(9(13)14)4-6-2-1-3-15-17-6/h4-6H,1-3H2,(H2,11,12)(H,13,14)/b7-4-. The van der Waals surface area contributed by atoms with Crippen LogP contribution in [0.4, 0.5) is 5.13 Å². The smallest absolute Gasteiger partial charge is 0.337 e. The summed E-state index contributed by atoms with van der Waals surface area (Å²) in [5.74, 6) is -0.985. The molecule has 0 aliphatic carbocycles. The second-order valence-corrected chi connectivity index (χ2v) is 5.48. The van der Waals surface area contributed by atoms with Crippen LogP contribution in [0.2, 0.25) is 0 Å². The van der Waals surface area contributed by atoms with Crippen molar-refractivity contribution in [2.45, 2.75) is 18.1 Å². The lowest BCUT2D eigenvalue weighted by Gasteiger charge is -2.17. The van der Waals surface area contributed by atoms with E-state index in [1.807, 2.05) is 0 Å². The lowest BCUT2D eigenvalue weighted by atomic mass is 10.1. The van der Waals surface area contributed by atoms with Gasteiger partial charge in [0.05, 0.1) is 23.1 Å². The maximum absolute atomic E-state index is 11.2. The van der Waals surface area contributed by atoms with Crippen LogP contribution < -0.4 is 5.73 Å². The second kappa shape index (κ2) is 5.52. The second-order valence-electron chi connectivity index (χ2n) is 3.56. The van der Waals surface area contributed by atoms with E-state index in [4.69, 9.17) is 9.92 Å². The summed E-state index contributed by atoms with van der Waals surface area (Å²) in [7, 11) is 0. The fourth-order valence-electron chi connectivity index (χ4n) is 1.50. The van der Waals surface area contributed by atoms with E-state index in [0.717, 1.165) is 19.4 Å². The Morgan fingerprint density at radius 3 is 3.06 bits per heavy atom. The van der Waals surface area contributed by atoms with E-state index in [0.29, 0.717) is 10.8 Å². The summed E-state index contributed by atoms with van der Waals surface area (Å²) in [6.07, 6.45) is 3.56. The number of nitrogen functional groups attached to an aromatic ring is 1. The molecule has 1 unspecified atom stereocenters. The first kappa shape index (κ1) is 12.4. The molecule has 0 bridgehead atoms. The molecular weight excluding hydrogens is 260 g/mol. The van der Waals surface area contributed by atoms with E-state index in [1.54, 1.807) is 11.5 Å². The number of hydrogen-bond acceptors (Lipinski definition) is 6. The van der Waals surface area contributed by atoms with Crippen LogP contribution >= 0.6 is 23.4 Å². The van der Waals surface area contributed by atoms with Crippen molar-refractivity contribution in [3.63, 3.8) is 0 Å². The Morgan fingerprint density at radius 1 is 1.71 bits per heavy atom. The summed E-state index contributed by atoms with van der Waals surface area (Å²) < 4.78 is 5.24. The topological polar surface area (TPSA) is 85.4 Å². The van der Waals surface area contributed by atoms with E-state index < -0.39 is 5.97 Å². The molecule has 17 heavy (non-hydrogen) atoms. The van der Waals surface area contributed by atoms with Crippen molar-refractivity contribution in [3.8, 4) is 0 Å². The van der Waals surface area contributed by atoms with E-state index >= 15 is 0 Å². The normalized spacial score (nSPS) is 21.4. The van der Waals surface area contributed by atoms with Crippen LogP contribution in [0.3, 0.4) is 0 Å². The van der Waals surface area contributed by atoms with Crippen LogP contribution in [0.15, 0.2) is 11.5 Å². The highest BCUT2D eigenvalue weighted by Gasteiger charge is 2.19. The zero-order valence-corrected chi connectivity index (χ0v) is 10.6. The molecule has 3 N–H and O–H groups in total. The zero-order valence-electron chi connectivity index (χ0n) is 8.96. The molecule has 5 nitrogen and oxygen atoms in total. The van der Waals surface area contributed by atoms with Crippen molar-refractivity contribution >= 4 is 40.1 Å². The van der Waals surface area contributed by atoms with Crippen molar-refractivity contribution in [2.24, 2.45) is 0 Å². The number of nitrogens with zero attached hydrogens (tertiary/aromatic N) is 1. The van der Waals surface area contributed by atoms with E-state index in [2.05, 4.69) is 4.98 Å². The molecule has 0 spiro atoms. The van der Waals surface area contributed by atoms with Gasteiger partial charge in [-0.3, -0.25) is 0 Å². The number of carbonyl (C=O) groups is 1. The minimum atomic E-state index is -0.985. The lowest BCUT2D eigenvalue weighted by molar-refractivity contribution is -0.130. The van der Waals surface area contributed by atoms with Crippen LogP contribution in [0.25, 0.3) is 5.57 Å². The predicted molar refractivity (Wildman–Crippen MR) is 68.7 cm³/mol. The number of carboxylic acids is 1. The van der Waals surface area contributed by atoms with Crippen molar-refractivity contribution in [3.05, 3.63) is 17.2 Å². The molecule has 0 radical (unpaired) electrons. The molecule has 1 aliphatic rings. The molecule has 2 heterocycles. The number of rotatable bonds is 3. The maximum Gasteiger partial charge on any atom is 0.337 e. The van der Waals surface area contributed by atoms with Gasteiger partial charge in [0.2, 0.25) is 0 Å². The molecule has 1 atom stereocenters. The van der Waals surface area contributed by atoms with Crippen LogP contribution in [0, 0.1) is 0 Å². The van der Waals surface area contributed by atoms with Gasteiger partial charge in [-0.15, -0.1) is 11.3 Å². The third-order valence-electron chi connectivity index (χ3n) is 2.29. The summed E-state index contributed by atoms with van der Waals surface area (Å²) in [5.41, 5.74) is 6.12. The van der Waals surface area contributed by atoms with Crippen molar-refractivity contribution in [2.75, 3.05) is 12.3 Å². The molecule has 1 aromatic rings. The molecule has 0 amide bonds. The zero-order chi connectivity index (χ0) is 12.3. The van der Waals surface area contributed by atoms with E-state index in [9.17, 15) is 9.90 Å². The molecule has 7 heteroatoms. The van der Waals surface area contributed by atoms with E-state index in [-0.39, 0.29) is 10.8 Å². The van der Waals surface area contributed by atoms with Gasteiger partial charge in [-0.05, 0) is 24.9 Å². The van der Waals surface area contributed by atoms with Crippen molar-refractivity contribution < 1.29 is 14.1 Å². The first-order valence-electron chi connectivity index (χ1n) is 5.11. The Bertz CT molecular complexity index is 439. The van der Waals surface area contributed by atoms with Gasteiger partial charge in [0.1, 0.15) is 0 Å². The Balaban J connectivity index is 2.22. The Hall–Kier alpha value is -1.05. The highest BCUT2D eigenvalue weighted by molar-refractivity contribution is 7.95. The summed E-state index contributed by atoms with van der Waals surface area (Å²) in [6, 6.07) is 0. The van der Waals surface area contributed by atoms with Gasteiger partial charge in [-0.1, -0.05) is 6.08 Å². The van der Waals surface area contributed by atoms with Gasteiger partial charge >= 0.3 is 5.97 Å². The molecule has 1 saturated heterocycles.